The second-order valence-corrected chi connectivity index (χ2v) is 7.83. The molecule has 0 radical (unpaired) electrons. The van der Waals surface area contributed by atoms with E-state index in [0.717, 1.165) is 11.5 Å². The molecule has 0 saturated carbocycles. The van der Waals surface area contributed by atoms with Gasteiger partial charge in [-0.1, -0.05) is 127 Å². The summed E-state index contributed by atoms with van der Waals surface area (Å²) in [6.07, 6.45) is 0. The van der Waals surface area contributed by atoms with Crippen molar-refractivity contribution in [1.29, 1.82) is 0 Å². The second-order valence-electron chi connectivity index (χ2n) is 7.83. The molecule has 0 heteroatoms. The molecule has 0 fully saturated rings. The minimum atomic E-state index is -0.666. The molecular formula is C34H22. The Bertz CT molecular complexity index is 2600. The van der Waals surface area contributed by atoms with Crippen molar-refractivity contribution < 1.29 is 19.2 Å². The Morgan fingerprint density at radius 1 is 0.412 bits per heavy atom. The van der Waals surface area contributed by atoms with Gasteiger partial charge in [-0.25, -0.2) is 0 Å². The molecule has 7 aromatic rings. The predicted molar refractivity (Wildman–Crippen MR) is 147 cm³/mol. The van der Waals surface area contributed by atoms with Crippen molar-refractivity contribution in [2.75, 3.05) is 0 Å². The molecule has 0 aliphatic carbocycles. The van der Waals surface area contributed by atoms with Crippen LogP contribution in [-0.4, -0.2) is 0 Å². The summed E-state index contributed by atoms with van der Waals surface area (Å²) in [6, 6.07) is 5.90. The van der Waals surface area contributed by atoms with Crippen molar-refractivity contribution >= 4 is 43.1 Å². The molecule has 0 amide bonds. The first-order chi connectivity index (χ1) is 22.7. The summed E-state index contributed by atoms with van der Waals surface area (Å²) in [5.41, 5.74) is -0.00356. The molecule has 0 nitrogen and oxygen atoms in total. The Labute approximate surface area is 218 Å². The van der Waals surface area contributed by atoms with Crippen LogP contribution in [0.25, 0.3) is 65.3 Å². The lowest BCUT2D eigenvalue weighted by Gasteiger charge is -2.19. The first-order valence-corrected chi connectivity index (χ1v) is 10.6. The zero-order valence-electron chi connectivity index (χ0n) is 31.6. The molecule has 34 heavy (non-hydrogen) atoms. The van der Waals surface area contributed by atoms with Crippen LogP contribution < -0.4 is 0 Å². The summed E-state index contributed by atoms with van der Waals surface area (Å²) in [5, 5.41) is 0.319. The fourth-order valence-corrected chi connectivity index (χ4v) is 4.54. The van der Waals surface area contributed by atoms with Crippen molar-refractivity contribution in [3.8, 4) is 22.3 Å². The zero-order chi connectivity index (χ0) is 34.7. The first kappa shape index (κ1) is 9.83. The molecule has 0 unspecified atom stereocenters. The smallest absolute Gasteiger partial charge is 0.0616 e. The quantitative estimate of drug-likeness (QED) is 0.233. The van der Waals surface area contributed by atoms with E-state index in [1.165, 1.54) is 0 Å². The zero-order valence-corrected chi connectivity index (χ0v) is 17.6. The largest absolute Gasteiger partial charge is 0.0636 e. The Morgan fingerprint density at radius 3 is 1.97 bits per heavy atom. The normalized spacial score (nSPS) is 17.3. The minimum absolute atomic E-state index is 0.0308. The monoisotopic (exact) mass is 444 g/mol. The highest BCUT2D eigenvalue weighted by Crippen LogP contribution is 2.45. The van der Waals surface area contributed by atoms with E-state index in [4.69, 9.17) is 17.8 Å². The molecule has 0 bridgehead atoms. The highest BCUT2D eigenvalue weighted by atomic mass is 14.2. The lowest BCUT2D eigenvalue weighted by atomic mass is 9.84. The molecule has 0 atom stereocenters. The van der Waals surface area contributed by atoms with Crippen molar-refractivity contribution in [1.82, 2.24) is 0 Å². The second kappa shape index (κ2) is 7.57. The van der Waals surface area contributed by atoms with E-state index in [1.54, 1.807) is 18.2 Å². The molecule has 0 aliphatic heterocycles. The van der Waals surface area contributed by atoms with Crippen LogP contribution in [0.3, 0.4) is 0 Å². The number of benzene rings is 7. The van der Waals surface area contributed by atoms with Crippen LogP contribution in [0.15, 0.2) is 133 Å². The van der Waals surface area contributed by atoms with Crippen LogP contribution in [0.1, 0.15) is 19.2 Å². The van der Waals surface area contributed by atoms with Crippen molar-refractivity contribution in [3.05, 3.63) is 133 Å². The summed E-state index contributed by atoms with van der Waals surface area (Å²) in [6.45, 7) is 0. The van der Waals surface area contributed by atoms with Gasteiger partial charge in [0.1, 0.15) is 0 Å². The van der Waals surface area contributed by atoms with Crippen molar-refractivity contribution in [2.45, 2.75) is 0 Å². The summed E-state index contributed by atoms with van der Waals surface area (Å²) in [4.78, 5) is 0. The Hall–Kier alpha value is -4.42. The molecule has 0 N–H and O–H groups in total. The van der Waals surface area contributed by atoms with E-state index in [1.807, 2.05) is 24.3 Å². The van der Waals surface area contributed by atoms with E-state index in [0.29, 0.717) is 10.9 Å². The van der Waals surface area contributed by atoms with E-state index in [9.17, 15) is 1.37 Å². The van der Waals surface area contributed by atoms with Crippen LogP contribution >= 0.6 is 0 Å². The first-order valence-electron chi connectivity index (χ1n) is 17.6. The molecule has 0 aliphatic rings. The standard InChI is InChI=1S/C34H22/c1-2-12-25-22-26(21-20-23(25)10-1)33-29-15-5-7-17-31(29)34(32-18-8-6-16-30(32)33)28-19-9-13-24-11-3-4-14-27(24)28/h1-22H/i1D,2D,5D,7D,8D,10D,12D,15D,16D,17D,18D,20D,21D,22D. The SMILES string of the molecule is [2H]c1cc([2H])c2c(-c3c([2H])c([2H])c4c([2H])c([2H])c([2H])c([2H])c4c3[2H])c3c([2H])c([2H])c([2H])c([2H])c3c(-c3cccc4ccccc34)c2c1[2H]. The number of fused-ring (bicyclic) bond motifs is 4. The third-order valence-electron chi connectivity index (χ3n) is 5.98. The van der Waals surface area contributed by atoms with E-state index < -0.39 is 72.0 Å². The van der Waals surface area contributed by atoms with Gasteiger partial charge in [-0.2, -0.15) is 0 Å². The average Bonchev–Trinajstić information content (AvgIpc) is 3.07. The maximum atomic E-state index is 9.29. The van der Waals surface area contributed by atoms with Gasteiger partial charge >= 0.3 is 0 Å². The fourth-order valence-electron chi connectivity index (χ4n) is 4.54. The van der Waals surface area contributed by atoms with E-state index in [-0.39, 0.29) is 61.6 Å². The van der Waals surface area contributed by atoms with Gasteiger partial charge in [0.2, 0.25) is 0 Å². The van der Waals surface area contributed by atoms with Crippen LogP contribution in [0.2, 0.25) is 0 Å². The molecule has 7 rings (SSSR count). The van der Waals surface area contributed by atoms with Crippen LogP contribution in [-0.2, 0) is 0 Å². The van der Waals surface area contributed by atoms with Gasteiger partial charge in [-0.15, -0.1) is 0 Å². The van der Waals surface area contributed by atoms with Gasteiger partial charge in [0, 0.05) is 0 Å². The average molecular weight is 445 g/mol. The fraction of sp³-hybridized carbons (Fsp3) is 0. The van der Waals surface area contributed by atoms with Gasteiger partial charge in [0.05, 0.1) is 19.2 Å². The van der Waals surface area contributed by atoms with E-state index >= 15 is 0 Å². The Kier molecular flexibility index (Phi) is 2.19. The molecule has 0 spiro atoms. The van der Waals surface area contributed by atoms with Gasteiger partial charge in [-0.3, -0.25) is 0 Å². The summed E-state index contributed by atoms with van der Waals surface area (Å²) < 4.78 is 123. The van der Waals surface area contributed by atoms with Gasteiger partial charge in [-0.05, 0) is 71.4 Å². The van der Waals surface area contributed by atoms with Gasteiger partial charge in [0.25, 0.3) is 0 Å². The highest BCUT2D eigenvalue weighted by Gasteiger charge is 2.17. The van der Waals surface area contributed by atoms with Crippen LogP contribution in [0, 0.1) is 0 Å². The van der Waals surface area contributed by atoms with Crippen LogP contribution in [0.5, 0.6) is 0 Å². The van der Waals surface area contributed by atoms with Gasteiger partial charge < -0.3 is 0 Å². The Balaban J connectivity index is 1.88. The third-order valence-corrected chi connectivity index (χ3v) is 5.98. The summed E-state index contributed by atoms with van der Waals surface area (Å²) >= 11 is 0. The lowest BCUT2D eigenvalue weighted by Crippen LogP contribution is -1.91. The lowest BCUT2D eigenvalue weighted by molar-refractivity contribution is 1.68. The molecule has 0 saturated heterocycles. The van der Waals surface area contributed by atoms with Crippen LogP contribution in [0.4, 0.5) is 0 Å². The maximum Gasteiger partial charge on any atom is 0.0636 e. The van der Waals surface area contributed by atoms with Gasteiger partial charge in [0.15, 0.2) is 0 Å². The molecule has 7 aromatic carbocycles. The topological polar surface area (TPSA) is 0 Å². The van der Waals surface area contributed by atoms with Crippen molar-refractivity contribution in [3.63, 3.8) is 0 Å². The molecule has 0 aromatic heterocycles. The number of rotatable bonds is 2. The maximum absolute atomic E-state index is 9.29. The Morgan fingerprint density at radius 2 is 1.09 bits per heavy atom. The van der Waals surface area contributed by atoms with Crippen molar-refractivity contribution in [2.24, 2.45) is 0 Å². The molecule has 0 heterocycles. The highest BCUT2D eigenvalue weighted by molar-refractivity contribution is 6.23. The predicted octanol–water partition coefficient (Wildman–Crippen LogP) is 9.63. The number of hydrogen-bond acceptors (Lipinski definition) is 0. The summed E-state index contributed by atoms with van der Waals surface area (Å²) in [5.74, 6) is 0. The minimum Gasteiger partial charge on any atom is -0.0616 e. The summed E-state index contributed by atoms with van der Waals surface area (Å²) in [7, 11) is 0. The molecular weight excluding hydrogens is 408 g/mol. The third kappa shape index (κ3) is 2.86. The molecule has 158 valence electrons. The van der Waals surface area contributed by atoms with E-state index in [2.05, 4.69) is 0 Å². The number of hydrogen-bond donors (Lipinski definition) is 0.